The Labute approximate surface area is 127 Å². The average molecular weight is 357 g/mol. The molecule has 0 bridgehead atoms. The first-order valence-electron chi connectivity index (χ1n) is 6.24. The molecule has 1 aromatic carbocycles. The van der Waals surface area contributed by atoms with Gasteiger partial charge >= 0.3 is 0 Å². The summed E-state index contributed by atoms with van der Waals surface area (Å²) in [6.07, 6.45) is -1.25. The smallest absolute Gasteiger partial charge is 0.282 e. The molecule has 2 aromatic rings. The Balaban J connectivity index is 1.95. The number of oxime groups is 1. The minimum Gasteiger partial charge on any atom is -0.392 e. The maximum Gasteiger partial charge on any atom is 0.282 e. The van der Waals surface area contributed by atoms with Gasteiger partial charge in [-0.2, -0.15) is 0 Å². The number of aromatic nitrogens is 1. The summed E-state index contributed by atoms with van der Waals surface area (Å²) in [6, 6.07) is 7.24. The van der Waals surface area contributed by atoms with Gasteiger partial charge in [0.15, 0.2) is 0 Å². The number of aliphatic hydroxyl groups excluding tert-OH is 1. The van der Waals surface area contributed by atoms with Gasteiger partial charge in [-0.05, 0) is 34.1 Å². The third-order valence-corrected chi connectivity index (χ3v) is 3.88. The molecule has 0 radical (unpaired) electrons. The van der Waals surface area contributed by atoms with Crippen LogP contribution in [0.1, 0.15) is 12.0 Å². The van der Waals surface area contributed by atoms with E-state index in [0.717, 1.165) is 15.4 Å². The fourth-order valence-electron chi connectivity index (χ4n) is 2.20. The molecular formula is C14H11BrF2N2O2. The maximum atomic E-state index is 13.0. The molecule has 1 unspecified atom stereocenters. The Morgan fingerprint density at radius 1 is 1.38 bits per heavy atom. The number of alkyl halides is 2. The Hall–Kier alpha value is -1.60. The number of hydrogen-bond acceptors (Lipinski definition) is 4. The highest BCUT2D eigenvalue weighted by molar-refractivity contribution is 9.10. The third kappa shape index (κ3) is 2.51. The van der Waals surface area contributed by atoms with Crippen molar-refractivity contribution in [2.24, 2.45) is 5.16 Å². The zero-order chi connectivity index (χ0) is 15.0. The Bertz CT molecular complexity index is 723. The van der Waals surface area contributed by atoms with Gasteiger partial charge in [0.2, 0.25) is 5.60 Å². The van der Waals surface area contributed by atoms with Gasteiger partial charge in [-0.3, -0.25) is 4.98 Å². The second kappa shape index (κ2) is 5.31. The molecule has 0 saturated carbocycles. The van der Waals surface area contributed by atoms with Gasteiger partial charge in [0.05, 0.1) is 17.8 Å². The zero-order valence-electron chi connectivity index (χ0n) is 10.8. The average Bonchev–Trinajstić information content (AvgIpc) is 2.92. The van der Waals surface area contributed by atoms with Crippen LogP contribution >= 0.6 is 15.9 Å². The molecule has 110 valence electrons. The van der Waals surface area contributed by atoms with E-state index in [0.29, 0.717) is 11.3 Å². The molecule has 21 heavy (non-hydrogen) atoms. The van der Waals surface area contributed by atoms with Crippen LogP contribution in [0.25, 0.3) is 10.9 Å². The van der Waals surface area contributed by atoms with Crippen molar-refractivity contribution < 1.29 is 18.7 Å². The van der Waals surface area contributed by atoms with E-state index in [1.165, 1.54) is 0 Å². The van der Waals surface area contributed by atoms with Crippen molar-refractivity contribution in [2.75, 3.05) is 6.61 Å². The van der Waals surface area contributed by atoms with E-state index >= 15 is 0 Å². The lowest BCUT2D eigenvalue weighted by molar-refractivity contribution is -0.146. The van der Waals surface area contributed by atoms with Crippen LogP contribution in [-0.2, 0) is 4.84 Å². The number of nitrogens with zero attached hydrogens (tertiary/aromatic N) is 2. The number of fused-ring (bicyclic) bond motifs is 1. The van der Waals surface area contributed by atoms with E-state index in [9.17, 15) is 8.78 Å². The summed E-state index contributed by atoms with van der Waals surface area (Å²) in [4.78, 5) is 9.06. The summed E-state index contributed by atoms with van der Waals surface area (Å²) in [7, 11) is 0. The predicted octanol–water partition coefficient (Wildman–Crippen LogP) is 3.12. The zero-order valence-corrected chi connectivity index (χ0v) is 12.3. The largest absolute Gasteiger partial charge is 0.392 e. The summed E-state index contributed by atoms with van der Waals surface area (Å²) in [5.74, 6) is 0. The monoisotopic (exact) mass is 356 g/mol. The number of rotatable bonds is 3. The highest BCUT2D eigenvalue weighted by atomic mass is 79.9. The van der Waals surface area contributed by atoms with Gasteiger partial charge in [-0.25, -0.2) is 8.78 Å². The van der Waals surface area contributed by atoms with Crippen LogP contribution in [0.4, 0.5) is 8.78 Å². The number of halogens is 3. The lowest BCUT2D eigenvalue weighted by Crippen LogP contribution is -2.41. The fraction of sp³-hybridized carbons (Fsp3) is 0.286. The second-order valence-electron chi connectivity index (χ2n) is 4.89. The highest BCUT2D eigenvalue weighted by Crippen LogP contribution is 2.32. The molecular weight excluding hydrogens is 346 g/mol. The van der Waals surface area contributed by atoms with Crippen LogP contribution in [0.5, 0.6) is 0 Å². The minimum absolute atomic E-state index is 0.131. The first-order chi connectivity index (χ1) is 10.0. The van der Waals surface area contributed by atoms with Crippen LogP contribution in [0, 0.1) is 0 Å². The Morgan fingerprint density at radius 2 is 2.19 bits per heavy atom. The summed E-state index contributed by atoms with van der Waals surface area (Å²) in [6.45, 7) is -0.779. The molecule has 1 aromatic heterocycles. The molecule has 1 aliphatic rings. The van der Waals surface area contributed by atoms with Gasteiger partial charge in [0.1, 0.15) is 0 Å². The molecule has 0 amide bonds. The number of aliphatic hydroxyl groups is 1. The number of benzene rings is 1. The summed E-state index contributed by atoms with van der Waals surface area (Å²) in [5, 5.41) is 13.8. The molecule has 2 heterocycles. The predicted molar refractivity (Wildman–Crippen MR) is 77.5 cm³/mol. The molecule has 0 saturated heterocycles. The molecule has 1 atom stereocenters. The lowest BCUT2D eigenvalue weighted by Gasteiger charge is -2.22. The Kier molecular flexibility index (Phi) is 3.62. The molecule has 7 heteroatoms. The van der Waals surface area contributed by atoms with Crippen LogP contribution in [0.2, 0.25) is 0 Å². The normalized spacial score (nSPS) is 21.7. The van der Waals surface area contributed by atoms with Crippen molar-refractivity contribution in [3.8, 4) is 0 Å². The van der Waals surface area contributed by atoms with Gasteiger partial charge in [-0.15, -0.1) is 0 Å². The lowest BCUT2D eigenvalue weighted by atomic mass is 9.94. The van der Waals surface area contributed by atoms with Crippen molar-refractivity contribution in [3.05, 3.63) is 40.5 Å². The van der Waals surface area contributed by atoms with E-state index in [-0.39, 0.29) is 6.42 Å². The van der Waals surface area contributed by atoms with Gasteiger partial charge in [0.25, 0.3) is 6.43 Å². The molecule has 3 rings (SSSR count). The number of pyridine rings is 1. The molecule has 1 N–H and O–H groups in total. The standard InChI is InChI=1S/C14H11BrF2N2O2/c15-10-4-9-3-8(1-2-11(9)18-6-10)12-5-14(7-20,13(16)17)21-19-12/h1-4,6,13,20H,5,7H2. The maximum absolute atomic E-state index is 13.0. The van der Waals surface area contributed by atoms with Gasteiger partial charge in [0, 0.05) is 28.0 Å². The topological polar surface area (TPSA) is 54.7 Å². The van der Waals surface area contributed by atoms with Crippen LogP contribution in [-0.4, -0.2) is 34.4 Å². The van der Waals surface area contributed by atoms with Crippen molar-refractivity contribution in [3.63, 3.8) is 0 Å². The number of hydrogen-bond donors (Lipinski definition) is 1. The van der Waals surface area contributed by atoms with E-state index in [4.69, 9.17) is 9.94 Å². The van der Waals surface area contributed by atoms with Crippen LogP contribution < -0.4 is 0 Å². The quantitative estimate of drug-likeness (QED) is 0.919. The first kappa shape index (κ1) is 14.3. The van der Waals surface area contributed by atoms with E-state index in [2.05, 4.69) is 26.1 Å². The minimum atomic E-state index is -2.81. The Morgan fingerprint density at radius 3 is 2.86 bits per heavy atom. The van der Waals surface area contributed by atoms with E-state index < -0.39 is 18.6 Å². The van der Waals surface area contributed by atoms with Crippen molar-refractivity contribution >= 4 is 32.5 Å². The fourth-order valence-corrected chi connectivity index (χ4v) is 2.55. The molecule has 0 fully saturated rings. The molecule has 0 spiro atoms. The molecule has 4 nitrogen and oxygen atoms in total. The van der Waals surface area contributed by atoms with Crippen molar-refractivity contribution in [1.29, 1.82) is 0 Å². The van der Waals surface area contributed by atoms with Crippen molar-refractivity contribution in [2.45, 2.75) is 18.4 Å². The van der Waals surface area contributed by atoms with Crippen LogP contribution in [0.3, 0.4) is 0 Å². The molecule has 0 aliphatic carbocycles. The second-order valence-corrected chi connectivity index (χ2v) is 5.81. The first-order valence-corrected chi connectivity index (χ1v) is 7.03. The van der Waals surface area contributed by atoms with Crippen LogP contribution in [0.15, 0.2) is 40.1 Å². The van der Waals surface area contributed by atoms with E-state index in [1.807, 2.05) is 12.1 Å². The summed E-state index contributed by atoms with van der Waals surface area (Å²) < 4.78 is 26.9. The van der Waals surface area contributed by atoms with Gasteiger partial charge in [-0.1, -0.05) is 11.2 Å². The van der Waals surface area contributed by atoms with Gasteiger partial charge < -0.3 is 9.94 Å². The third-order valence-electron chi connectivity index (χ3n) is 3.45. The SMILES string of the molecule is OCC1(C(F)F)CC(c2ccc3ncc(Br)cc3c2)=NO1. The van der Waals surface area contributed by atoms with Crippen molar-refractivity contribution in [1.82, 2.24) is 4.98 Å². The summed E-state index contributed by atoms with van der Waals surface area (Å²) in [5.41, 5.74) is -0.0619. The highest BCUT2D eigenvalue weighted by Gasteiger charge is 2.47. The van der Waals surface area contributed by atoms with E-state index in [1.54, 1.807) is 18.3 Å². The molecule has 1 aliphatic heterocycles. The summed E-state index contributed by atoms with van der Waals surface area (Å²) >= 11 is 3.34.